The second kappa shape index (κ2) is 7.70. The van der Waals surface area contributed by atoms with Gasteiger partial charge in [-0.1, -0.05) is 0 Å². The van der Waals surface area contributed by atoms with Crippen molar-refractivity contribution >= 4 is 16.1 Å². The third-order valence-electron chi connectivity index (χ3n) is 3.95. The van der Waals surface area contributed by atoms with E-state index in [-0.39, 0.29) is 16.9 Å². The topological polar surface area (TPSA) is 75.7 Å². The third-order valence-corrected chi connectivity index (χ3v) is 5.39. The van der Waals surface area contributed by atoms with Gasteiger partial charge in [0.15, 0.2) is 0 Å². The first-order chi connectivity index (χ1) is 11.6. The summed E-state index contributed by atoms with van der Waals surface area (Å²) in [6.45, 7) is 6.84. The van der Waals surface area contributed by atoms with Crippen LogP contribution in [0, 0.1) is 11.7 Å². The zero-order chi connectivity index (χ0) is 18.7. The number of carbonyl (C=O) groups is 1. The van der Waals surface area contributed by atoms with Crippen LogP contribution in [0.3, 0.4) is 0 Å². The van der Waals surface area contributed by atoms with Gasteiger partial charge in [-0.25, -0.2) is 22.3 Å². The van der Waals surface area contributed by atoms with Gasteiger partial charge >= 0.3 is 6.09 Å². The van der Waals surface area contributed by atoms with Crippen molar-refractivity contribution < 1.29 is 22.3 Å². The van der Waals surface area contributed by atoms with Crippen LogP contribution >= 0.6 is 0 Å². The highest BCUT2D eigenvalue weighted by atomic mass is 32.2. The number of ether oxygens (including phenoxy) is 1. The van der Waals surface area contributed by atoms with Gasteiger partial charge in [-0.15, -0.1) is 0 Å². The number of halogens is 1. The third kappa shape index (κ3) is 5.97. The standard InChI is InChI=1S/C17H25FN2O4S/c1-17(2,3)24-16(21)20-10-8-13(9-11-20)12-19-25(22,23)15-6-4-14(18)5-7-15/h4-7,13,19H,8-12H2,1-3H3. The van der Waals surface area contributed by atoms with E-state index in [4.69, 9.17) is 4.74 Å². The number of carbonyl (C=O) groups excluding carboxylic acids is 1. The number of amides is 1. The number of sulfonamides is 1. The maximum atomic E-state index is 12.9. The number of nitrogens with zero attached hydrogens (tertiary/aromatic N) is 1. The SMILES string of the molecule is CC(C)(C)OC(=O)N1CCC(CNS(=O)(=O)c2ccc(F)cc2)CC1. The predicted molar refractivity (Wildman–Crippen MR) is 92.1 cm³/mol. The summed E-state index contributed by atoms with van der Waals surface area (Å²) in [6, 6.07) is 4.72. The number of rotatable bonds is 4. The van der Waals surface area contributed by atoms with Crippen molar-refractivity contribution in [2.24, 2.45) is 5.92 Å². The Kier molecular flexibility index (Phi) is 6.05. The number of likely N-dealkylation sites (tertiary alicyclic amines) is 1. The molecule has 0 unspecified atom stereocenters. The van der Waals surface area contributed by atoms with Crippen LogP contribution < -0.4 is 4.72 Å². The second-order valence-electron chi connectivity index (χ2n) is 7.22. The normalized spacial score (nSPS) is 16.7. The maximum absolute atomic E-state index is 12.9. The minimum absolute atomic E-state index is 0.0418. The maximum Gasteiger partial charge on any atom is 0.410 e. The molecule has 1 aliphatic rings. The van der Waals surface area contributed by atoms with Crippen molar-refractivity contribution in [3.05, 3.63) is 30.1 Å². The zero-order valence-electron chi connectivity index (χ0n) is 14.8. The molecule has 0 radical (unpaired) electrons. The van der Waals surface area contributed by atoms with Crippen molar-refractivity contribution in [3.63, 3.8) is 0 Å². The summed E-state index contributed by atoms with van der Waals surface area (Å²) in [7, 11) is -3.65. The molecule has 0 aromatic heterocycles. The molecule has 0 atom stereocenters. The summed E-state index contributed by atoms with van der Waals surface area (Å²) >= 11 is 0. The van der Waals surface area contributed by atoms with Gasteiger partial charge in [0.25, 0.3) is 0 Å². The Bertz CT molecular complexity index is 690. The Labute approximate surface area is 148 Å². The molecule has 1 heterocycles. The Hall–Kier alpha value is -1.67. The highest BCUT2D eigenvalue weighted by Crippen LogP contribution is 2.20. The van der Waals surface area contributed by atoms with E-state index in [2.05, 4.69) is 4.72 Å². The molecule has 1 saturated heterocycles. The monoisotopic (exact) mass is 372 g/mol. The molecule has 0 aliphatic carbocycles. The van der Waals surface area contributed by atoms with E-state index in [1.54, 1.807) is 4.90 Å². The van der Waals surface area contributed by atoms with E-state index in [0.29, 0.717) is 32.5 Å². The van der Waals surface area contributed by atoms with E-state index in [1.807, 2.05) is 20.8 Å². The predicted octanol–water partition coefficient (Wildman–Crippen LogP) is 2.75. The van der Waals surface area contributed by atoms with Crippen LogP contribution in [0.15, 0.2) is 29.2 Å². The van der Waals surface area contributed by atoms with E-state index < -0.39 is 21.4 Å². The minimum Gasteiger partial charge on any atom is -0.444 e. The summed E-state index contributed by atoms with van der Waals surface area (Å²) in [5.41, 5.74) is -0.529. The van der Waals surface area contributed by atoms with Crippen LogP contribution in [0.25, 0.3) is 0 Å². The molecule has 0 bridgehead atoms. The quantitative estimate of drug-likeness (QED) is 0.882. The highest BCUT2D eigenvalue weighted by Gasteiger charge is 2.27. The fraction of sp³-hybridized carbons (Fsp3) is 0.588. The van der Waals surface area contributed by atoms with E-state index >= 15 is 0 Å². The summed E-state index contributed by atoms with van der Waals surface area (Å²) in [4.78, 5) is 13.7. The molecule has 1 aromatic carbocycles. The summed E-state index contributed by atoms with van der Waals surface area (Å²) in [5.74, 6) is -0.331. The average Bonchev–Trinajstić information content (AvgIpc) is 2.52. The zero-order valence-corrected chi connectivity index (χ0v) is 15.6. The van der Waals surface area contributed by atoms with Crippen LogP contribution in [-0.2, 0) is 14.8 Å². The number of nitrogens with one attached hydrogen (secondary N) is 1. The summed E-state index contributed by atoms with van der Waals surface area (Å²) in [6.07, 6.45) is 1.06. The fourth-order valence-corrected chi connectivity index (χ4v) is 3.69. The van der Waals surface area contributed by atoms with Gasteiger partial charge < -0.3 is 9.64 Å². The van der Waals surface area contributed by atoms with E-state index in [1.165, 1.54) is 12.1 Å². The summed E-state index contributed by atoms with van der Waals surface area (Å²) in [5, 5.41) is 0. The smallest absolute Gasteiger partial charge is 0.410 e. The Morgan fingerprint density at radius 2 is 1.80 bits per heavy atom. The van der Waals surface area contributed by atoms with Crippen LogP contribution in [0.1, 0.15) is 33.6 Å². The fourth-order valence-electron chi connectivity index (χ4n) is 2.57. The minimum atomic E-state index is -3.65. The Morgan fingerprint density at radius 3 is 2.32 bits per heavy atom. The lowest BCUT2D eigenvalue weighted by Crippen LogP contribution is -2.43. The van der Waals surface area contributed by atoms with Crippen molar-refractivity contribution in [1.82, 2.24) is 9.62 Å². The average molecular weight is 372 g/mol. The molecule has 0 saturated carbocycles. The van der Waals surface area contributed by atoms with Crippen molar-refractivity contribution in [2.45, 2.75) is 44.1 Å². The molecule has 0 spiro atoms. The van der Waals surface area contributed by atoms with E-state index in [9.17, 15) is 17.6 Å². The number of piperidine rings is 1. The summed E-state index contributed by atoms with van der Waals surface area (Å²) < 4.78 is 45.2. The lowest BCUT2D eigenvalue weighted by atomic mass is 9.97. The molecule has 2 rings (SSSR count). The lowest BCUT2D eigenvalue weighted by molar-refractivity contribution is 0.0185. The van der Waals surface area contributed by atoms with Gasteiger partial charge in [0.2, 0.25) is 10.0 Å². The molecule has 8 heteroatoms. The van der Waals surface area contributed by atoms with Gasteiger partial charge in [-0.2, -0.15) is 0 Å². The molecule has 25 heavy (non-hydrogen) atoms. The Morgan fingerprint density at radius 1 is 1.24 bits per heavy atom. The van der Waals surface area contributed by atoms with E-state index in [0.717, 1.165) is 12.1 Å². The lowest BCUT2D eigenvalue weighted by Gasteiger charge is -2.33. The number of benzene rings is 1. The van der Waals surface area contributed by atoms with Crippen LogP contribution in [0.5, 0.6) is 0 Å². The Balaban J connectivity index is 1.82. The van der Waals surface area contributed by atoms with Crippen molar-refractivity contribution in [1.29, 1.82) is 0 Å². The van der Waals surface area contributed by atoms with Gasteiger partial charge in [0.1, 0.15) is 11.4 Å². The van der Waals surface area contributed by atoms with Gasteiger partial charge in [0, 0.05) is 19.6 Å². The van der Waals surface area contributed by atoms with Crippen molar-refractivity contribution in [3.8, 4) is 0 Å². The molecular weight excluding hydrogens is 347 g/mol. The van der Waals surface area contributed by atoms with Crippen molar-refractivity contribution in [2.75, 3.05) is 19.6 Å². The second-order valence-corrected chi connectivity index (χ2v) is 8.98. The first-order valence-corrected chi connectivity index (χ1v) is 9.78. The number of hydrogen-bond donors (Lipinski definition) is 1. The first-order valence-electron chi connectivity index (χ1n) is 8.30. The molecule has 6 nitrogen and oxygen atoms in total. The molecule has 1 amide bonds. The van der Waals surface area contributed by atoms with Crippen LogP contribution in [0.4, 0.5) is 9.18 Å². The molecule has 1 aromatic rings. The molecule has 1 fully saturated rings. The molecule has 1 N–H and O–H groups in total. The van der Waals surface area contributed by atoms with Gasteiger partial charge in [-0.05, 0) is 63.8 Å². The van der Waals surface area contributed by atoms with Gasteiger partial charge in [0.05, 0.1) is 4.90 Å². The number of hydrogen-bond acceptors (Lipinski definition) is 4. The van der Waals surface area contributed by atoms with Crippen LogP contribution in [-0.4, -0.2) is 44.6 Å². The molecule has 1 aliphatic heterocycles. The molecule has 140 valence electrons. The largest absolute Gasteiger partial charge is 0.444 e. The highest BCUT2D eigenvalue weighted by molar-refractivity contribution is 7.89. The van der Waals surface area contributed by atoms with Crippen LogP contribution in [0.2, 0.25) is 0 Å². The molecular formula is C17H25FN2O4S. The first kappa shape index (κ1) is 19.7. The van der Waals surface area contributed by atoms with Gasteiger partial charge in [-0.3, -0.25) is 0 Å².